The van der Waals surface area contributed by atoms with Gasteiger partial charge in [-0.2, -0.15) is 0 Å². The molecule has 0 unspecified atom stereocenters. The molecule has 0 saturated carbocycles. The molecule has 0 aliphatic rings. The minimum atomic E-state index is 0. The van der Waals surface area contributed by atoms with E-state index < -0.39 is 0 Å². The first kappa shape index (κ1) is 11.2. The van der Waals surface area contributed by atoms with Crippen LogP contribution in [0.4, 0.5) is 0 Å². The number of rotatable bonds is 2. The van der Waals surface area contributed by atoms with Crippen molar-refractivity contribution >= 4 is 35.0 Å². The molecule has 0 aliphatic carbocycles. The lowest BCUT2D eigenvalue weighted by Gasteiger charge is -1.97. The molecule has 3 heteroatoms. The zero-order valence-corrected chi connectivity index (χ0v) is 9.06. The van der Waals surface area contributed by atoms with Gasteiger partial charge in [-0.1, -0.05) is 12.1 Å². The first-order chi connectivity index (χ1) is 4.83. The van der Waals surface area contributed by atoms with Gasteiger partial charge >= 0.3 is 0 Å². The summed E-state index contributed by atoms with van der Waals surface area (Å²) in [7, 11) is 0. The number of hydrogen-bond acceptors (Lipinski definition) is 1. The van der Waals surface area contributed by atoms with Gasteiger partial charge < -0.3 is 5.73 Å². The van der Waals surface area contributed by atoms with Gasteiger partial charge in [0.2, 0.25) is 0 Å². The van der Waals surface area contributed by atoms with Crippen molar-refractivity contribution in [2.75, 3.05) is 6.54 Å². The molecule has 1 aromatic carbocycles. The van der Waals surface area contributed by atoms with Crippen LogP contribution in [0.1, 0.15) is 5.56 Å². The molecule has 0 aromatic heterocycles. The zero-order chi connectivity index (χ0) is 7.40. The Balaban J connectivity index is 0.000001000. The van der Waals surface area contributed by atoms with E-state index in [9.17, 15) is 0 Å². The fourth-order valence-electron chi connectivity index (χ4n) is 0.859. The molecule has 1 rings (SSSR count). The highest BCUT2D eigenvalue weighted by Gasteiger charge is 1.90. The lowest BCUT2D eigenvalue weighted by atomic mass is 10.2. The third-order valence-electron chi connectivity index (χ3n) is 1.32. The molecular formula is C8H11ClIN. The predicted molar refractivity (Wildman–Crippen MR) is 59.2 cm³/mol. The van der Waals surface area contributed by atoms with E-state index in [2.05, 4.69) is 46.9 Å². The van der Waals surface area contributed by atoms with Crippen molar-refractivity contribution in [1.29, 1.82) is 0 Å². The highest BCUT2D eigenvalue weighted by molar-refractivity contribution is 14.1. The Morgan fingerprint density at radius 2 is 2.09 bits per heavy atom. The van der Waals surface area contributed by atoms with Crippen LogP contribution >= 0.6 is 35.0 Å². The molecule has 0 radical (unpaired) electrons. The summed E-state index contributed by atoms with van der Waals surface area (Å²) in [5.41, 5.74) is 6.74. The average Bonchev–Trinajstić information content (AvgIpc) is 1.88. The van der Waals surface area contributed by atoms with Crippen molar-refractivity contribution in [3.63, 3.8) is 0 Å². The molecule has 0 heterocycles. The topological polar surface area (TPSA) is 26.0 Å². The Morgan fingerprint density at radius 1 is 1.36 bits per heavy atom. The molecule has 0 atom stereocenters. The van der Waals surface area contributed by atoms with Gasteiger partial charge in [-0.3, -0.25) is 0 Å². The highest BCUT2D eigenvalue weighted by Crippen LogP contribution is 2.07. The van der Waals surface area contributed by atoms with Crippen LogP contribution in [0.15, 0.2) is 24.3 Å². The maximum absolute atomic E-state index is 5.41. The van der Waals surface area contributed by atoms with Gasteiger partial charge in [0.15, 0.2) is 0 Å². The molecule has 11 heavy (non-hydrogen) atoms. The fraction of sp³-hybridized carbons (Fsp3) is 0.250. The molecule has 0 bridgehead atoms. The Kier molecular flexibility index (Phi) is 5.91. The summed E-state index contributed by atoms with van der Waals surface area (Å²) < 4.78 is 1.28. The van der Waals surface area contributed by atoms with Crippen molar-refractivity contribution in [1.82, 2.24) is 0 Å². The Morgan fingerprint density at radius 3 is 2.64 bits per heavy atom. The summed E-state index contributed by atoms with van der Waals surface area (Å²) in [4.78, 5) is 0. The monoisotopic (exact) mass is 283 g/mol. The van der Waals surface area contributed by atoms with Gasteiger partial charge in [0.05, 0.1) is 0 Å². The Hall–Kier alpha value is 0.200. The molecule has 1 aromatic rings. The summed E-state index contributed by atoms with van der Waals surface area (Å²) in [6.07, 6.45) is 0.983. The first-order valence-electron chi connectivity index (χ1n) is 3.27. The summed E-state index contributed by atoms with van der Waals surface area (Å²) in [5, 5.41) is 0. The number of halogens is 2. The van der Waals surface area contributed by atoms with E-state index in [0.29, 0.717) is 0 Å². The van der Waals surface area contributed by atoms with E-state index in [4.69, 9.17) is 5.73 Å². The van der Waals surface area contributed by atoms with Gasteiger partial charge in [-0.15, -0.1) is 12.4 Å². The molecule has 0 amide bonds. The van der Waals surface area contributed by atoms with Crippen LogP contribution in [0, 0.1) is 3.57 Å². The van der Waals surface area contributed by atoms with E-state index in [0.717, 1.165) is 13.0 Å². The largest absolute Gasteiger partial charge is 0.330 e. The Bertz CT molecular complexity index is 215. The molecule has 62 valence electrons. The number of benzene rings is 1. The molecule has 0 saturated heterocycles. The summed E-state index contributed by atoms with van der Waals surface area (Å²) in [6.45, 7) is 0.736. The van der Waals surface area contributed by atoms with Crippen molar-refractivity contribution < 1.29 is 0 Å². The quantitative estimate of drug-likeness (QED) is 0.828. The van der Waals surface area contributed by atoms with Crippen molar-refractivity contribution in [2.24, 2.45) is 5.73 Å². The van der Waals surface area contributed by atoms with E-state index in [1.807, 2.05) is 0 Å². The van der Waals surface area contributed by atoms with Gasteiger partial charge in [-0.25, -0.2) is 0 Å². The van der Waals surface area contributed by atoms with Crippen LogP contribution in [0.25, 0.3) is 0 Å². The van der Waals surface area contributed by atoms with Crippen molar-refractivity contribution in [3.05, 3.63) is 33.4 Å². The second kappa shape index (κ2) is 5.80. The number of hydrogen-bond donors (Lipinski definition) is 1. The maximum atomic E-state index is 5.41. The van der Waals surface area contributed by atoms with Crippen LogP contribution in [0.2, 0.25) is 0 Å². The molecule has 2 N–H and O–H groups in total. The van der Waals surface area contributed by atoms with E-state index in [1.54, 1.807) is 0 Å². The second-order valence-electron chi connectivity index (χ2n) is 2.17. The third kappa shape index (κ3) is 3.94. The van der Waals surface area contributed by atoms with Crippen LogP contribution in [0.3, 0.4) is 0 Å². The average molecular weight is 284 g/mol. The zero-order valence-electron chi connectivity index (χ0n) is 6.09. The molecule has 0 fully saturated rings. The van der Waals surface area contributed by atoms with Gasteiger partial charge in [0.25, 0.3) is 0 Å². The van der Waals surface area contributed by atoms with Crippen LogP contribution in [0.5, 0.6) is 0 Å². The molecule has 0 spiro atoms. The maximum Gasteiger partial charge on any atom is 0.0133 e. The number of nitrogens with two attached hydrogens (primary N) is 1. The van der Waals surface area contributed by atoms with Gasteiger partial charge in [0, 0.05) is 3.57 Å². The van der Waals surface area contributed by atoms with E-state index in [-0.39, 0.29) is 12.4 Å². The minimum absolute atomic E-state index is 0. The normalized spacial score (nSPS) is 8.91. The van der Waals surface area contributed by atoms with E-state index >= 15 is 0 Å². The first-order valence-corrected chi connectivity index (χ1v) is 4.35. The second-order valence-corrected chi connectivity index (χ2v) is 3.41. The standard InChI is InChI=1S/C8H10IN.ClH/c9-8-3-1-2-7(6-8)4-5-10;/h1-3,6H,4-5,10H2;1H. The van der Waals surface area contributed by atoms with Gasteiger partial charge in [0.1, 0.15) is 0 Å². The SMILES string of the molecule is Cl.NCCc1cccc(I)c1. The summed E-state index contributed by atoms with van der Waals surface area (Å²) in [6, 6.07) is 8.41. The fourth-order valence-corrected chi connectivity index (χ4v) is 1.47. The third-order valence-corrected chi connectivity index (χ3v) is 1.99. The lowest BCUT2D eigenvalue weighted by molar-refractivity contribution is 0.968. The summed E-state index contributed by atoms with van der Waals surface area (Å²) in [5.74, 6) is 0. The van der Waals surface area contributed by atoms with Crippen LogP contribution < -0.4 is 5.73 Å². The van der Waals surface area contributed by atoms with Crippen molar-refractivity contribution in [3.8, 4) is 0 Å². The van der Waals surface area contributed by atoms with Crippen LogP contribution in [-0.2, 0) is 6.42 Å². The molecule has 1 nitrogen and oxygen atoms in total. The van der Waals surface area contributed by atoms with E-state index in [1.165, 1.54) is 9.13 Å². The predicted octanol–water partition coefficient (Wildman–Crippen LogP) is 2.21. The Labute approximate surface area is 86.9 Å². The smallest absolute Gasteiger partial charge is 0.0133 e. The lowest BCUT2D eigenvalue weighted by Crippen LogP contribution is -2.02. The highest BCUT2D eigenvalue weighted by atomic mass is 127. The van der Waals surface area contributed by atoms with Crippen LogP contribution in [-0.4, -0.2) is 6.54 Å². The van der Waals surface area contributed by atoms with Crippen molar-refractivity contribution in [2.45, 2.75) is 6.42 Å². The molecular weight excluding hydrogens is 272 g/mol. The summed E-state index contributed by atoms with van der Waals surface area (Å²) >= 11 is 2.30. The molecule has 0 aliphatic heterocycles. The minimum Gasteiger partial charge on any atom is -0.330 e. The van der Waals surface area contributed by atoms with Gasteiger partial charge in [-0.05, 0) is 53.3 Å².